The molecule has 1 rings (SSSR count). The maximum atomic E-state index is 12.0. The van der Waals surface area contributed by atoms with Gasteiger partial charge in [0.1, 0.15) is 6.61 Å². The minimum atomic E-state index is -4.29. The fourth-order valence-corrected chi connectivity index (χ4v) is 1.78. The maximum absolute atomic E-state index is 12.0. The first-order valence-electron chi connectivity index (χ1n) is 6.51. The van der Waals surface area contributed by atoms with Gasteiger partial charge < -0.3 is 15.8 Å². The van der Waals surface area contributed by atoms with Crippen molar-refractivity contribution in [2.24, 2.45) is 0 Å². The molecule has 0 amide bonds. The average molecular weight is 291 g/mol. The number of nitrogen functional groups attached to an aromatic ring is 1. The molecule has 1 unspecified atom stereocenters. The highest BCUT2D eigenvalue weighted by Crippen LogP contribution is 2.22. The molecule has 0 aliphatic heterocycles. The lowest BCUT2D eigenvalue weighted by atomic mass is 10.0. The van der Waals surface area contributed by atoms with Gasteiger partial charge in [-0.2, -0.15) is 13.2 Å². The molecule has 3 N–H and O–H groups in total. The Bertz CT molecular complexity index is 399. The third-order valence-electron chi connectivity index (χ3n) is 2.72. The Morgan fingerprint density at radius 3 is 2.80 bits per heavy atom. The van der Waals surface area contributed by atoms with E-state index in [0.29, 0.717) is 12.1 Å². The monoisotopic (exact) mass is 291 g/mol. The molecule has 1 aromatic heterocycles. The molecule has 7 heteroatoms. The Hall–Kier alpha value is -1.34. The number of hydrogen-bond donors (Lipinski definition) is 2. The lowest BCUT2D eigenvalue weighted by Gasteiger charge is -2.20. The molecule has 1 aromatic rings. The van der Waals surface area contributed by atoms with Crippen molar-refractivity contribution in [1.29, 1.82) is 0 Å². The lowest BCUT2D eigenvalue weighted by Crippen LogP contribution is -2.25. The summed E-state index contributed by atoms with van der Waals surface area (Å²) in [5.74, 6) is 0. The van der Waals surface area contributed by atoms with Gasteiger partial charge in [0.15, 0.2) is 0 Å². The van der Waals surface area contributed by atoms with Gasteiger partial charge in [-0.1, -0.05) is 6.92 Å². The Morgan fingerprint density at radius 1 is 1.45 bits per heavy atom. The van der Waals surface area contributed by atoms with Gasteiger partial charge in [0.2, 0.25) is 0 Å². The van der Waals surface area contributed by atoms with Crippen LogP contribution in [0.2, 0.25) is 0 Å². The van der Waals surface area contributed by atoms with Gasteiger partial charge in [-0.05, 0) is 25.5 Å². The SMILES string of the molecule is CCCNC(CCOCC(F)(F)F)c1cnccc1N. The van der Waals surface area contributed by atoms with Crippen molar-refractivity contribution in [1.82, 2.24) is 10.3 Å². The van der Waals surface area contributed by atoms with Crippen LogP contribution < -0.4 is 11.1 Å². The van der Waals surface area contributed by atoms with Crippen molar-refractivity contribution in [3.8, 4) is 0 Å². The second-order valence-corrected chi connectivity index (χ2v) is 4.47. The van der Waals surface area contributed by atoms with Crippen LogP contribution in [0.4, 0.5) is 18.9 Å². The van der Waals surface area contributed by atoms with E-state index >= 15 is 0 Å². The minimum Gasteiger partial charge on any atom is -0.398 e. The van der Waals surface area contributed by atoms with Crippen LogP contribution in [0.1, 0.15) is 31.4 Å². The molecule has 20 heavy (non-hydrogen) atoms. The summed E-state index contributed by atoms with van der Waals surface area (Å²) < 4.78 is 40.6. The first kappa shape index (κ1) is 16.7. The van der Waals surface area contributed by atoms with Gasteiger partial charge in [-0.15, -0.1) is 0 Å². The van der Waals surface area contributed by atoms with E-state index in [2.05, 4.69) is 15.0 Å². The van der Waals surface area contributed by atoms with E-state index < -0.39 is 12.8 Å². The van der Waals surface area contributed by atoms with E-state index in [4.69, 9.17) is 5.73 Å². The van der Waals surface area contributed by atoms with Crippen LogP contribution in [0, 0.1) is 0 Å². The highest BCUT2D eigenvalue weighted by molar-refractivity contribution is 5.46. The van der Waals surface area contributed by atoms with Crippen molar-refractivity contribution in [2.45, 2.75) is 32.0 Å². The molecule has 0 radical (unpaired) electrons. The van der Waals surface area contributed by atoms with Gasteiger partial charge in [0, 0.05) is 36.3 Å². The molecule has 0 aromatic carbocycles. The summed E-state index contributed by atoms with van der Waals surface area (Å²) in [7, 11) is 0. The zero-order valence-electron chi connectivity index (χ0n) is 11.4. The number of rotatable bonds is 8. The number of nitrogens with two attached hydrogens (primary N) is 1. The molecule has 0 saturated carbocycles. The first-order valence-corrected chi connectivity index (χ1v) is 6.51. The standard InChI is InChI=1S/C13H20F3N3O/c1-2-5-19-12(4-7-20-9-13(14,15)16)10-8-18-6-3-11(10)17/h3,6,8,12,19H,2,4-5,7,9H2,1H3,(H2,17,18). The van der Waals surface area contributed by atoms with E-state index in [-0.39, 0.29) is 12.6 Å². The largest absolute Gasteiger partial charge is 0.411 e. The van der Waals surface area contributed by atoms with Gasteiger partial charge in [0.05, 0.1) is 0 Å². The number of ether oxygens (including phenoxy) is 1. The van der Waals surface area contributed by atoms with Crippen LogP contribution in [0.25, 0.3) is 0 Å². The summed E-state index contributed by atoms with van der Waals surface area (Å²) >= 11 is 0. The Labute approximate surface area is 116 Å². The first-order chi connectivity index (χ1) is 9.44. The molecule has 0 saturated heterocycles. The number of hydrogen-bond acceptors (Lipinski definition) is 4. The maximum Gasteiger partial charge on any atom is 0.411 e. The van der Waals surface area contributed by atoms with Gasteiger partial charge >= 0.3 is 6.18 Å². The van der Waals surface area contributed by atoms with Crippen molar-refractivity contribution >= 4 is 5.69 Å². The fraction of sp³-hybridized carbons (Fsp3) is 0.615. The number of aromatic nitrogens is 1. The van der Waals surface area contributed by atoms with Crippen LogP contribution in [-0.4, -0.2) is 30.9 Å². The molecule has 0 fully saturated rings. The van der Waals surface area contributed by atoms with Crippen LogP contribution >= 0.6 is 0 Å². The van der Waals surface area contributed by atoms with Crippen LogP contribution in [0.3, 0.4) is 0 Å². The minimum absolute atomic E-state index is 0.00915. The quantitative estimate of drug-likeness (QED) is 0.723. The lowest BCUT2D eigenvalue weighted by molar-refractivity contribution is -0.174. The predicted molar refractivity (Wildman–Crippen MR) is 71.2 cm³/mol. The van der Waals surface area contributed by atoms with Gasteiger partial charge in [0.25, 0.3) is 0 Å². The summed E-state index contributed by atoms with van der Waals surface area (Å²) in [6.45, 7) is 1.54. The second kappa shape index (κ2) is 8.06. The van der Waals surface area contributed by atoms with Crippen molar-refractivity contribution < 1.29 is 17.9 Å². The molecule has 0 bridgehead atoms. The number of anilines is 1. The predicted octanol–water partition coefficient (Wildman–Crippen LogP) is 2.67. The fourth-order valence-electron chi connectivity index (χ4n) is 1.78. The van der Waals surface area contributed by atoms with Crippen LogP contribution in [0.5, 0.6) is 0 Å². The van der Waals surface area contributed by atoms with Crippen molar-refractivity contribution in [2.75, 3.05) is 25.5 Å². The Balaban J connectivity index is 2.55. The number of halogens is 3. The van der Waals surface area contributed by atoms with Gasteiger partial charge in [-0.3, -0.25) is 4.98 Å². The van der Waals surface area contributed by atoms with E-state index in [0.717, 1.165) is 18.5 Å². The average Bonchev–Trinajstić information content (AvgIpc) is 2.38. The van der Waals surface area contributed by atoms with E-state index in [1.165, 1.54) is 0 Å². The highest BCUT2D eigenvalue weighted by atomic mass is 19.4. The van der Waals surface area contributed by atoms with Crippen molar-refractivity contribution in [3.05, 3.63) is 24.0 Å². The summed E-state index contributed by atoms with van der Waals surface area (Å²) in [4.78, 5) is 4.00. The highest BCUT2D eigenvalue weighted by Gasteiger charge is 2.27. The molecule has 0 aliphatic rings. The molecule has 0 spiro atoms. The van der Waals surface area contributed by atoms with Crippen molar-refractivity contribution in [3.63, 3.8) is 0 Å². The zero-order valence-corrected chi connectivity index (χ0v) is 11.4. The molecule has 4 nitrogen and oxygen atoms in total. The molecule has 1 atom stereocenters. The molecular formula is C13H20F3N3O. The number of pyridine rings is 1. The third-order valence-corrected chi connectivity index (χ3v) is 2.72. The third kappa shape index (κ3) is 6.21. The summed E-state index contributed by atoms with van der Waals surface area (Å²) in [6, 6.07) is 1.52. The Kier molecular flexibility index (Phi) is 6.74. The molecule has 1 heterocycles. The topological polar surface area (TPSA) is 60.2 Å². The number of alkyl halides is 3. The molecular weight excluding hydrogens is 271 g/mol. The summed E-state index contributed by atoms with van der Waals surface area (Å²) in [6.07, 6.45) is 0.244. The molecule has 114 valence electrons. The van der Waals surface area contributed by atoms with E-state index in [1.54, 1.807) is 18.5 Å². The second-order valence-electron chi connectivity index (χ2n) is 4.47. The Morgan fingerprint density at radius 2 is 2.20 bits per heavy atom. The normalized spacial score (nSPS) is 13.4. The van der Waals surface area contributed by atoms with E-state index in [9.17, 15) is 13.2 Å². The molecule has 0 aliphatic carbocycles. The number of nitrogens with one attached hydrogen (secondary N) is 1. The summed E-state index contributed by atoms with van der Waals surface area (Å²) in [5, 5.41) is 3.24. The van der Waals surface area contributed by atoms with Crippen LogP contribution in [0.15, 0.2) is 18.5 Å². The zero-order chi connectivity index (χ0) is 15.0. The van der Waals surface area contributed by atoms with Gasteiger partial charge in [-0.25, -0.2) is 0 Å². The summed E-state index contributed by atoms with van der Waals surface area (Å²) in [5.41, 5.74) is 7.23. The van der Waals surface area contributed by atoms with Crippen LogP contribution in [-0.2, 0) is 4.74 Å². The van der Waals surface area contributed by atoms with E-state index in [1.807, 2.05) is 6.92 Å². The smallest absolute Gasteiger partial charge is 0.398 e. The number of nitrogens with zero attached hydrogens (tertiary/aromatic N) is 1.